The summed E-state index contributed by atoms with van der Waals surface area (Å²) in [6.45, 7) is 0.973. The van der Waals surface area contributed by atoms with E-state index < -0.39 is 25.1 Å². The van der Waals surface area contributed by atoms with Crippen LogP contribution < -0.4 is 9.62 Å². The molecule has 0 amide bonds. The van der Waals surface area contributed by atoms with Gasteiger partial charge in [0.05, 0.1) is 27.6 Å². The van der Waals surface area contributed by atoms with Crippen molar-refractivity contribution < 1.29 is 21.2 Å². The monoisotopic (exact) mass is 606 g/mol. The van der Waals surface area contributed by atoms with Gasteiger partial charge in [-0.3, -0.25) is 9.82 Å². The molecule has 1 aliphatic rings. The maximum atomic E-state index is 13.5. The maximum absolute atomic E-state index is 13.5. The molecule has 2 aromatic heterocycles. The summed E-state index contributed by atoms with van der Waals surface area (Å²) in [6, 6.07) is 17.8. The van der Waals surface area contributed by atoms with Crippen LogP contribution in [0.25, 0.3) is 33.3 Å². The number of nitrogens with zero attached hydrogens (tertiary/aromatic N) is 4. The highest BCUT2D eigenvalue weighted by atomic mass is 32.2. The lowest BCUT2D eigenvalue weighted by Crippen LogP contribution is -2.39. The van der Waals surface area contributed by atoms with E-state index in [9.17, 15) is 21.2 Å². The zero-order chi connectivity index (χ0) is 29.5. The Hall–Kier alpha value is -4.36. The predicted molar refractivity (Wildman–Crippen MR) is 160 cm³/mol. The molecule has 3 aromatic carbocycles. The molecule has 0 bridgehead atoms. The molecule has 2 N–H and O–H groups in total. The Kier molecular flexibility index (Phi) is 7.15. The molecule has 0 radical (unpaired) electrons. The van der Waals surface area contributed by atoms with Crippen molar-refractivity contribution in [2.75, 3.05) is 29.0 Å². The van der Waals surface area contributed by atoms with Gasteiger partial charge in [0.2, 0.25) is 10.0 Å². The Morgan fingerprint density at radius 2 is 1.60 bits per heavy atom. The van der Waals surface area contributed by atoms with Crippen LogP contribution >= 0.6 is 0 Å². The predicted octanol–water partition coefficient (Wildman–Crippen LogP) is 4.64. The molecule has 0 spiro atoms. The Morgan fingerprint density at radius 3 is 2.29 bits per heavy atom. The van der Waals surface area contributed by atoms with E-state index >= 15 is 0 Å². The molecule has 42 heavy (non-hydrogen) atoms. The molecule has 13 heteroatoms. The van der Waals surface area contributed by atoms with Crippen LogP contribution in [0.4, 0.5) is 15.9 Å². The number of H-pyrrole nitrogens is 1. The fourth-order valence-electron chi connectivity index (χ4n) is 5.30. The number of nitrogens with one attached hydrogen (secondary N) is 2. The van der Waals surface area contributed by atoms with Crippen LogP contribution in [0.15, 0.2) is 84.1 Å². The van der Waals surface area contributed by atoms with Crippen LogP contribution in [-0.4, -0.2) is 61.6 Å². The number of piperidine rings is 1. The second-order valence-corrected chi connectivity index (χ2v) is 14.2. The molecular formula is C29H27FN6O4S2. The molecule has 3 heterocycles. The van der Waals surface area contributed by atoms with Gasteiger partial charge in [-0.1, -0.05) is 6.07 Å². The van der Waals surface area contributed by atoms with E-state index in [0.29, 0.717) is 37.3 Å². The van der Waals surface area contributed by atoms with Crippen LogP contribution in [-0.2, 0) is 19.9 Å². The summed E-state index contributed by atoms with van der Waals surface area (Å²) in [4.78, 5) is 11.2. The van der Waals surface area contributed by atoms with Gasteiger partial charge in [-0.05, 0) is 79.1 Å². The zero-order valence-corrected chi connectivity index (χ0v) is 24.2. The van der Waals surface area contributed by atoms with E-state index in [1.54, 1.807) is 18.3 Å². The van der Waals surface area contributed by atoms with Gasteiger partial charge >= 0.3 is 0 Å². The number of sulfone groups is 1. The smallest absolute Gasteiger partial charge is 0.229 e. The lowest BCUT2D eigenvalue weighted by Gasteiger charge is -2.33. The first-order valence-corrected chi connectivity index (χ1v) is 16.6. The van der Waals surface area contributed by atoms with Gasteiger partial charge in [0.1, 0.15) is 18.0 Å². The number of aromatic amines is 1. The van der Waals surface area contributed by atoms with Gasteiger partial charge < -0.3 is 4.90 Å². The fourth-order valence-corrected chi connectivity index (χ4v) is 7.59. The third kappa shape index (κ3) is 5.57. The van der Waals surface area contributed by atoms with Crippen molar-refractivity contribution in [3.8, 4) is 22.4 Å². The van der Waals surface area contributed by atoms with E-state index in [-0.39, 0.29) is 10.7 Å². The van der Waals surface area contributed by atoms with E-state index in [0.717, 1.165) is 39.7 Å². The van der Waals surface area contributed by atoms with Crippen molar-refractivity contribution in [1.29, 1.82) is 0 Å². The van der Waals surface area contributed by atoms with Crippen molar-refractivity contribution in [1.82, 2.24) is 20.2 Å². The van der Waals surface area contributed by atoms with E-state index in [4.69, 9.17) is 0 Å². The number of sulfonamides is 1. The number of hydrogen-bond donors (Lipinski definition) is 2. The largest absolute Gasteiger partial charge is 0.356 e. The standard InChI is InChI=1S/C29H27FN6O4S2/c1-41(37,38)35-22-7-9-23(10-8-22)42(39,40)24-12-14-36(15-13-24)29-25-16-20(4-11-27(25)31-18-32-29)26-17-33-34-28(26)19-2-5-21(30)6-3-19/h2-11,16-18,24,35H,12-15H2,1H3,(H,33,34). The van der Waals surface area contributed by atoms with E-state index in [1.165, 1.54) is 42.7 Å². The summed E-state index contributed by atoms with van der Waals surface area (Å²) in [5.74, 6) is 0.403. The minimum absolute atomic E-state index is 0.161. The topological polar surface area (TPSA) is 138 Å². The van der Waals surface area contributed by atoms with Crippen molar-refractivity contribution >= 4 is 42.3 Å². The Labute approximate surface area is 242 Å². The average Bonchev–Trinajstić information content (AvgIpc) is 3.47. The molecule has 1 fully saturated rings. The van der Waals surface area contributed by atoms with Crippen molar-refractivity contribution in [2.45, 2.75) is 23.0 Å². The lowest BCUT2D eigenvalue weighted by atomic mass is 10.00. The molecule has 0 atom stereocenters. The van der Waals surface area contributed by atoms with Crippen molar-refractivity contribution in [3.05, 3.63) is 85.1 Å². The number of aromatic nitrogens is 4. The minimum Gasteiger partial charge on any atom is -0.356 e. The number of hydrogen-bond acceptors (Lipinski definition) is 8. The van der Waals surface area contributed by atoms with Gasteiger partial charge in [-0.15, -0.1) is 0 Å². The summed E-state index contributed by atoms with van der Waals surface area (Å²) in [6.07, 6.45) is 5.16. The first-order valence-electron chi connectivity index (χ1n) is 13.2. The number of benzene rings is 3. The first kappa shape index (κ1) is 27.8. The molecular weight excluding hydrogens is 579 g/mol. The number of fused-ring (bicyclic) bond motifs is 1. The zero-order valence-electron chi connectivity index (χ0n) is 22.5. The Bertz CT molecular complexity index is 1970. The second-order valence-electron chi connectivity index (χ2n) is 10.2. The van der Waals surface area contributed by atoms with Gasteiger partial charge in [-0.25, -0.2) is 31.2 Å². The Balaban J connectivity index is 1.23. The van der Waals surface area contributed by atoms with Gasteiger partial charge in [0, 0.05) is 41.5 Å². The van der Waals surface area contributed by atoms with E-state index in [2.05, 4.69) is 29.8 Å². The molecule has 1 aliphatic heterocycles. The van der Waals surface area contributed by atoms with Crippen LogP contribution in [0.2, 0.25) is 0 Å². The highest BCUT2D eigenvalue weighted by Gasteiger charge is 2.32. The lowest BCUT2D eigenvalue weighted by molar-refractivity contribution is 0.528. The molecule has 1 saturated heterocycles. The van der Waals surface area contributed by atoms with Gasteiger partial charge in [-0.2, -0.15) is 5.10 Å². The van der Waals surface area contributed by atoms with Crippen LogP contribution in [0.3, 0.4) is 0 Å². The van der Waals surface area contributed by atoms with Gasteiger partial charge in [0.25, 0.3) is 0 Å². The molecule has 0 saturated carbocycles. The number of halogens is 1. The molecule has 10 nitrogen and oxygen atoms in total. The molecule has 5 aromatic rings. The molecule has 216 valence electrons. The normalized spacial score (nSPS) is 14.8. The summed E-state index contributed by atoms with van der Waals surface area (Å²) >= 11 is 0. The fraction of sp³-hybridized carbons (Fsp3) is 0.207. The molecule has 0 unspecified atom stereocenters. The SMILES string of the molecule is CS(=O)(=O)Nc1ccc(S(=O)(=O)C2CCN(c3ncnc4ccc(-c5c[nH]nc5-c5ccc(F)cc5)cc34)CC2)cc1. The van der Waals surface area contributed by atoms with Crippen LogP contribution in [0.5, 0.6) is 0 Å². The van der Waals surface area contributed by atoms with Crippen LogP contribution in [0.1, 0.15) is 12.8 Å². The van der Waals surface area contributed by atoms with Crippen molar-refractivity contribution in [2.24, 2.45) is 0 Å². The maximum Gasteiger partial charge on any atom is 0.229 e. The highest BCUT2D eigenvalue weighted by molar-refractivity contribution is 7.92. The highest BCUT2D eigenvalue weighted by Crippen LogP contribution is 2.35. The summed E-state index contributed by atoms with van der Waals surface area (Å²) in [5, 5.41) is 7.55. The quantitative estimate of drug-likeness (QED) is 0.273. The summed E-state index contributed by atoms with van der Waals surface area (Å²) in [7, 11) is -7.07. The third-order valence-electron chi connectivity index (χ3n) is 7.35. The second kappa shape index (κ2) is 10.8. The average molecular weight is 607 g/mol. The number of rotatable bonds is 7. The molecule has 6 rings (SSSR count). The molecule has 0 aliphatic carbocycles. The number of anilines is 2. The first-order chi connectivity index (χ1) is 20.1. The Morgan fingerprint density at radius 1 is 0.905 bits per heavy atom. The summed E-state index contributed by atoms with van der Waals surface area (Å²) < 4.78 is 65.5. The van der Waals surface area contributed by atoms with Gasteiger partial charge in [0.15, 0.2) is 9.84 Å². The third-order valence-corrected chi connectivity index (χ3v) is 10.2. The van der Waals surface area contributed by atoms with Crippen LogP contribution in [0, 0.1) is 5.82 Å². The van der Waals surface area contributed by atoms with E-state index in [1.807, 2.05) is 18.2 Å². The van der Waals surface area contributed by atoms with Crippen molar-refractivity contribution in [3.63, 3.8) is 0 Å². The summed E-state index contributed by atoms with van der Waals surface area (Å²) in [5.41, 5.74) is 4.27. The minimum atomic E-state index is -3.61.